The third-order valence-electron chi connectivity index (χ3n) is 2.81. The third kappa shape index (κ3) is 3.66. The normalized spacial score (nSPS) is 14.4. The maximum Gasteiger partial charge on any atom is 0.257 e. The Balaban J connectivity index is 1.77. The molecule has 17 heavy (non-hydrogen) atoms. The molecule has 1 aromatic rings. The Kier molecular flexibility index (Phi) is 3.52. The van der Waals surface area contributed by atoms with E-state index >= 15 is 0 Å². The van der Waals surface area contributed by atoms with Crippen molar-refractivity contribution in [3.63, 3.8) is 0 Å². The van der Waals surface area contributed by atoms with Crippen molar-refractivity contribution in [2.75, 3.05) is 18.9 Å². The molecule has 0 radical (unpaired) electrons. The molecule has 2 rings (SSSR count). The fourth-order valence-corrected chi connectivity index (χ4v) is 1.57. The molecule has 0 aromatic heterocycles. The lowest BCUT2D eigenvalue weighted by molar-refractivity contribution is -0.123. The van der Waals surface area contributed by atoms with E-state index in [0.29, 0.717) is 17.4 Å². The molecule has 4 heteroatoms. The first-order valence-corrected chi connectivity index (χ1v) is 5.91. The fourth-order valence-electron chi connectivity index (χ4n) is 1.57. The first-order chi connectivity index (χ1) is 8.15. The Morgan fingerprint density at radius 3 is 2.94 bits per heavy atom. The number of carbonyl (C=O) groups excluding carboxylic acids is 1. The molecule has 0 unspecified atom stereocenters. The van der Waals surface area contributed by atoms with Crippen LogP contribution in [0.2, 0.25) is 0 Å². The lowest BCUT2D eigenvalue weighted by Crippen LogP contribution is -2.30. The van der Waals surface area contributed by atoms with Gasteiger partial charge in [-0.15, -0.1) is 0 Å². The molecule has 1 saturated carbocycles. The maximum absolute atomic E-state index is 11.4. The monoisotopic (exact) mass is 234 g/mol. The summed E-state index contributed by atoms with van der Waals surface area (Å²) in [6.45, 7) is 2.76. The first-order valence-electron chi connectivity index (χ1n) is 5.91. The van der Waals surface area contributed by atoms with Gasteiger partial charge in [0.25, 0.3) is 5.91 Å². The molecule has 3 N–H and O–H groups in total. The van der Waals surface area contributed by atoms with E-state index in [4.69, 9.17) is 10.5 Å². The van der Waals surface area contributed by atoms with E-state index in [9.17, 15) is 4.79 Å². The number of anilines is 1. The largest absolute Gasteiger partial charge is 0.482 e. The van der Waals surface area contributed by atoms with E-state index in [1.54, 1.807) is 6.07 Å². The van der Waals surface area contributed by atoms with E-state index in [-0.39, 0.29) is 12.5 Å². The molecule has 92 valence electrons. The summed E-state index contributed by atoms with van der Waals surface area (Å²) in [6, 6.07) is 5.53. The highest BCUT2D eigenvalue weighted by Crippen LogP contribution is 2.27. The van der Waals surface area contributed by atoms with Crippen LogP contribution in [0.4, 0.5) is 5.69 Å². The van der Waals surface area contributed by atoms with E-state index in [2.05, 4.69) is 5.32 Å². The Hall–Kier alpha value is -1.71. The van der Waals surface area contributed by atoms with Gasteiger partial charge in [0.1, 0.15) is 5.75 Å². The second-order valence-electron chi connectivity index (χ2n) is 4.58. The molecule has 1 aromatic carbocycles. The molecule has 0 spiro atoms. The molecule has 0 heterocycles. The van der Waals surface area contributed by atoms with Crippen LogP contribution in [0.3, 0.4) is 0 Å². The Labute approximate surface area is 101 Å². The summed E-state index contributed by atoms with van der Waals surface area (Å²) in [6.07, 6.45) is 2.46. The number of amides is 1. The molecule has 1 aliphatic rings. The van der Waals surface area contributed by atoms with Crippen LogP contribution >= 0.6 is 0 Å². The molecule has 0 aliphatic heterocycles. The predicted octanol–water partition coefficient (Wildman–Crippen LogP) is 1.48. The minimum Gasteiger partial charge on any atom is -0.482 e. The van der Waals surface area contributed by atoms with Crippen LogP contribution in [0.1, 0.15) is 18.4 Å². The zero-order valence-corrected chi connectivity index (χ0v) is 10.0. The van der Waals surface area contributed by atoms with Crippen molar-refractivity contribution in [1.82, 2.24) is 5.32 Å². The number of benzene rings is 1. The van der Waals surface area contributed by atoms with Crippen LogP contribution in [-0.2, 0) is 4.79 Å². The lowest BCUT2D eigenvalue weighted by atomic mass is 10.2. The van der Waals surface area contributed by atoms with Crippen LogP contribution in [0, 0.1) is 12.8 Å². The molecule has 0 bridgehead atoms. The minimum absolute atomic E-state index is 0.0278. The molecule has 1 aliphatic carbocycles. The van der Waals surface area contributed by atoms with Gasteiger partial charge in [-0.1, -0.05) is 6.07 Å². The number of hydrogen-bond donors (Lipinski definition) is 2. The summed E-state index contributed by atoms with van der Waals surface area (Å²) in [5.41, 5.74) is 7.43. The topological polar surface area (TPSA) is 64.3 Å². The van der Waals surface area contributed by atoms with Gasteiger partial charge in [0.05, 0.1) is 5.69 Å². The molecular formula is C13H18N2O2. The number of nitrogens with two attached hydrogens (primary N) is 1. The van der Waals surface area contributed by atoms with Crippen LogP contribution in [0.5, 0.6) is 5.75 Å². The highest BCUT2D eigenvalue weighted by atomic mass is 16.5. The van der Waals surface area contributed by atoms with Gasteiger partial charge in [-0.25, -0.2) is 0 Å². The van der Waals surface area contributed by atoms with Gasteiger partial charge in [-0.05, 0) is 43.4 Å². The second-order valence-corrected chi connectivity index (χ2v) is 4.58. The van der Waals surface area contributed by atoms with Crippen molar-refractivity contribution in [3.05, 3.63) is 23.8 Å². The number of rotatable bonds is 5. The van der Waals surface area contributed by atoms with Crippen molar-refractivity contribution in [3.8, 4) is 5.75 Å². The van der Waals surface area contributed by atoms with Crippen molar-refractivity contribution in [1.29, 1.82) is 0 Å². The van der Waals surface area contributed by atoms with Gasteiger partial charge in [0.2, 0.25) is 0 Å². The molecule has 0 saturated heterocycles. The number of nitrogens with one attached hydrogen (secondary N) is 1. The molecular weight excluding hydrogens is 216 g/mol. The number of hydrogen-bond acceptors (Lipinski definition) is 3. The Morgan fingerprint density at radius 1 is 1.53 bits per heavy atom. The first kappa shape index (κ1) is 11.8. The number of ether oxygens (including phenoxy) is 1. The van der Waals surface area contributed by atoms with Gasteiger partial charge in [0, 0.05) is 6.54 Å². The summed E-state index contributed by atoms with van der Waals surface area (Å²) >= 11 is 0. The smallest absolute Gasteiger partial charge is 0.257 e. The van der Waals surface area contributed by atoms with Crippen molar-refractivity contribution in [2.24, 2.45) is 5.92 Å². The van der Waals surface area contributed by atoms with Gasteiger partial charge < -0.3 is 15.8 Å². The average Bonchev–Trinajstić information content (AvgIpc) is 3.09. The standard InChI is InChI=1S/C13H18N2O2/c1-9-2-5-12(11(14)6-9)17-8-13(16)15-7-10-3-4-10/h2,5-6,10H,3-4,7-8,14H2,1H3,(H,15,16). The molecule has 4 nitrogen and oxygen atoms in total. The zero-order valence-electron chi connectivity index (χ0n) is 10.0. The Morgan fingerprint density at radius 2 is 2.29 bits per heavy atom. The van der Waals surface area contributed by atoms with E-state index < -0.39 is 0 Å². The number of carbonyl (C=O) groups is 1. The summed E-state index contributed by atoms with van der Waals surface area (Å²) in [4.78, 5) is 11.4. The molecule has 1 amide bonds. The summed E-state index contributed by atoms with van der Waals surface area (Å²) in [5.74, 6) is 1.16. The molecule has 1 fully saturated rings. The summed E-state index contributed by atoms with van der Waals surface area (Å²) in [7, 11) is 0. The van der Waals surface area contributed by atoms with Gasteiger partial charge in [0.15, 0.2) is 6.61 Å². The zero-order chi connectivity index (χ0) is 12.3. The maximum atomic E-state index is 11.4. The van der Waals surface area contributed by atoms with Crippen LogP contribution < -0.4 is 15.8 Å². The molecule has 0 atom stereocenters. The van der Waals surface area contributed by atoms with Crippen molar-refractivity contribution < 1.29 is 9.53 Å². The van der Waals surface area contributed by atoms with Gasteiger partial charge >= 0.3 is 0 Å². The van der Waals surface area contributed by atoms with E-state index in [0.717, 1.165) is 12.1 Å². The highest BCUT2D eigenvalue weighted by molar-refractivity contribution is 5.77. The quantitative estimate of drug-likeness (QED) is 0.758. The fraction of sp³-hybridized carbons (Fsp3) is 0.462. The van der Waals surface area contributed by atoms with Crippen LogP contribution in [0.25, 0.3) is 0 Å². The second kappa shape index (κ2) is 5.08. The van der Waals surface area contributed by atoms with Crippen LogP contribution in [-0.4, -0.2) is 19.1 Å². The van der Waals surface area contributed by atoms with Crippen molar-refractivity contribution >= 4 is 11.6 Å². The van der Waals surface area contributed by atoms with E-state index in [1.807, 2.05) is 19.1 Å². The van der Waals surface area contributed by atoms with Crippen LogP contribution in [0.15, 0.2) is 18.2 Å². The number of nitrogen functional groups attached to an aromatic ring is 1. The lowest BCUT2D eigenvalue weighted by Gasteiger charge is -2.09. The highest BCUT2D eigenvalue weighted by Gasteiger charge is 2.21. The van der Waals surface area contributed by atoms with Crippen molar-refractivity contribution in [2.45, 2.75) is 19.8 Å². The third-order valence-corrected chi connectivity index (χ3v) is 2.81. The predicted molar refractivity (Wildman–Crippen MR) is 66.8 cm³/mol. The summed E-state index contributed by atoms with van der Waals surface area (Å²) < 4.78 is 5.37. The van der Waals surface area contributed by atoms with E-state index in [1.165, 1.54) is 12.8 Å². The van der Waals surface area contributed by atoms with Gasteiger partial charge in [-0.2, -0.15) is 0 Å². The summed E-state index contributed by atoms with van der Waals surface area (Å²) in [5, 5.41) is 2.84. The Bertz CT molecular complexity index is 414. The SMILES string of the molecule is Cc1ccc(OCC(=O)NCC2CC2)c(N)c1. The number of aryl methyl sites for hydroxylation is 1. The average molecular weight is 234 g/mol. The van der Waals surface area contributed by atoms with Gasteiger partial charge in [-0.3, -0.25) is 4.79 Å². The minimum atomic E-state index is -0.0862.